The summed E-state index contributed by atoms with van der Waals surface area (Å²) in [5, 5.41) is 20.2. The van der Waals surface area contributed by atoms with E-state index in [1.165, 1.54) is 25.3 Å². The van der Waals surface area contributed by atoms with Crippen LogP contribution in [0.25, 0.3) is 0 Å². The van der Waals surface area contributed by atoms with Gasteiger partial charge in [0.05, 0.1) is 29.6 Å². The van der Waals surface area contributed by atoms with E-state index in [1.54, 1.807) is 0 Å². The average molecular weight is 317 g/mol. The molecule has 106 valence electrons. The largest absolute Gasteiger partial charge is 0.490 e. The molecule has 7 nitrogen and oxygen atoms in total. The van der Waals surface area contributed by atoms with E-state index in [2.05, 4.69) is 4.98 Å². The van der Waals surface area contributed by atoms with Gasteiger partial charge in [-0.15, -0.1) is 0 Å². The summed E-state index contributed by atoms with van der Waals surface area (Å²) in [6, 6.07) is 4.17. The Hall–Kier alpha value is -1.90. The van der Waals surface area contributed by atoms with Crippen LogP contribution in [0.4, 0.5) is 5.69 Å². The van der Waals surface area contributed by atoms with Crippen molar-refractivity contribution >= 4 is 28.6 Å². The molecule has 9 heteroatoms. The fourth-order valence-corrected chi connectivity index (χ4v) is 2.41. The van der Waals surface area contributed by atoms with Crippen LogP contribution in [0.5, 0.6) is 16.7 Å². The molecule has 0 aliphatic rings. The Morgan fingerprint density at radius 2 is 2.30 bits per heavy atom. The van der Waals surface area contributed by atoms with Gasteiger partial charge in [-0.25, -0.2) is 0 Å². The molecular formula is C11H9ClN2O5S. The fraction of sp³-hybridized carbons (Fsp3) is 0.182. The predicted octanol–water partition coefficient (Wildman–Crippen LogP) is 3.00. The summed E-state index contributed by atoms with van der Waals surface area (Å²) >= 11 is 6.83. The third kappa shape index (κ3) is 2.98. The second kappa shape index (κ2) is 6.04. The maximum atomic E-state index is 10.9. The fourth-order valence-electron chi connectivity index (χ4n) is 1.43. The third-order valence-corrected chi connectivity index (χ3v) is 3.67. The Bertz CT molecular complexity index is 646. The zero-order chi connectivity index (χ0) is 14.7. The van der Waals surface area contributed by atoms with Gasteiger partial charge in [0.15, 0.2) is 5.75 Å². The molecule has 0 spiro atoms. The van der Waals surface area contributed by atoms with Gasteiger partial charge >= 0.3 is 5.69 Å². The maximum absolute atomic E-state index is 10.9. The standard InChI is InChI=1S/C11H9ClN2O5S/c1-18-8-3-2-6(4-7(8)14(16)17)19-11-13-10(12)9(5-15)20-11/h2-4,15H,5H2,1H3. The summed E-state index contributed by atoms with van der Waals surface area (Å²) in [5.74, 6) is 0.364. The summed E-state index contributed by atoms with van der Waals surface area (Å²) in [4.78, 5) is 14.7. The Morgan fingerprint density at radius 3 is 2.85 bits per heavy atom. The van der Waals surface area contributed by atoms with Gasteiger partial charge in [-0.1, -0.05) is 22.9 Å². The smallest absolute Gasteiger partial charge is 0.314 e. The minimum Gasteiger partial charge on any atom is -0.490 e. The molecule has 0 bridgehead atoms. The van der Waals surface area contributed by atoms with Crippen LogP contribution in [0.15, 0.2) is 18.2 Å². The predicted molar refractivity (Wildman–Crippen MR) is 72.8 cm³/mol. The second-order valence-electron chi connectivity index (χ2n) is 3.54. The first-order valence-electron chi connectivity index (χ1n) is 5.31. The van der Waals surface area contributed by atoms with Crippen LogP contribution in [-0.4, -0.2) is 22.1 Å². The van der Waals surface area contributed by atoms with Crippen LogP contribution in [0.2, 0.25) is 5.15 Å². The SMILES string of the molecule is COc1ccc(Oc2nc(Cl)c(CO)s2)cc1[N+](=O)[O-]. The van der Waals surface area contributed by atoms with Gasteiger partial charge in [-0.2, -0.15) is 4.98 Å². The number of nitro benzene ring substituents is 1. The number of hydrogen-bond acceptors (Lipinski definition) is 7. The number of ether oxygens (including phenoxy) is 2. The molecule has 2 aromatic rings. The highest BCUT2D eigenvalue weighted by atomic mass is 35.5. The minimum atomic E-state index is -0.570. The van der Waals surface area contributed by atoms with Crippen LogP contribution in [0.3, 0.4) is 0 Å². The molecule has 0 fully saturated rings. The molecule has 0 radical (unpaired) electrons. The van der Waals surface area contributed by atoms with Gasteiger partial charge in [-0.3, -0.25) is 10.1 Å². The van der Waals surface area contributed by atoms with Crippen LogP contribution in [-0.2, 0) is 6.61 Å². The maximum Gasteiger partial charge on any atom is 0.314 e. The number of thiazole rings is 1. The van der Waals surface area contributed by atoms with Crippen molar-refractivity contribution < 1.29 is 19.5 Å². The van der Waals surface area contributed by atoms with Crippen molar-refractivity contribution in [3.05, 3.63) is 38.3 Å². The van der Waals surface area contributed by atoms with Gasteiger partial charge in [-0.05, 0) is 12.1 Å². The number of aliphatic hydroxyl groups is 1. The molecule has 0 amide bonds. The Labute approximate surface area is 122 Å². The highest BCUT2D eigenvalue weighted by Gasteiger charge is 2.17. The highest BCUT2D eigenvalue weighted by molar-refractivity contribution is 7.13. The quantitative estimate of drug-likeness (QED) is 0.673. The summed E-state index contributed by atoms with van der Waals surface area (Å²) in [5.41, 5.74) is -0.213. The van der Waals surface area contributed by atoms with E-state index in [-0.39, 0.29) is 34.1 Å². The van der Waals surface area contributed by atoms with E-state index in [4.69, 9.17) is 26.2 Å². The normalized spacial score (nSPS) is 10.3. The number of aliphatic hydroxyl groups excluding tert-OH is 1. The van der Waals surface area contributed by atoms with E-state index in [0.29, 0.717) is 4.88 Å². The van der Waals surface area contributed by atoms with Crippen LogP contribution >= 0.6 is 22.9 Å². The van der Waals surface area contributed by atoms with Gasteiger partial charge in [0.25, 0.3) is 5.19 Å². The Kier molecular flexibility index (Phi) is 4.38. The highest BCUT2D eigenvalue weighted by Crippen LogP contribution is 2.35. The number of halogens is 1. The van der Waals surface area contributed by atoms with E-state index >= 15 is 0 Å². The lowest BCUT2D eigenvalue weighted by Crippen LogP contribution is -1.94. The summed E-state index contributed by atoms with van der Waals surface area (Å²) in [6.07, 6.45) is 0. The summed E-state index contributed by atoms with van der Waals surface area (Å²) in [7, 11) is 1.34. The molecule has 0 saturated heterocycles. The van der Waals surface area contributed by atoms with E-state index < -0.39 is 4.92 Å². The monoisotopic (exact) mass is 316 g/mol. The number of rotatable bonds is 5. The molecule has 1 aromatic carbocycles. The molecule has 20 heavy (non-hydrogen) atoms. The molecule has 1 heterocycles. The van der Waals surface area contributed by atoms with Gasteiger partial charge < -0.3 is 14.6 Å². The molecule has 0 saturated carbocycles. The zero-order valence-electron chi connectivity index (χ0n) is 10.2. The van der Waals surface area contributed by atoms with Crippen molar-refractivity contribution in [2.24, 2.45) is 0 Å². The number of nitrogens with zero attached hydrogens (tertiary/aromatic N) is 2. The second-order valence-corrected chi connectivity index (χ2v) is 4.95. The molecule has 0 aliphatic heterocycles. The first-order valence-corrected chi connectivity index (χ1v) is 6.51. The summed E-state index contributed by atoms with van der Waals surface area (Å²) in [6.45, 7) is -0.247. The lowest BCUT2D eigenvalue weighted by Gasteiger charge is -2.04. The van der Waals surface area contributed by atoms with Crippen LogP contribution in [0, 0.1) is 10.1 Å². The molecule has 1 aromatic heterocycles. The molecule has 2 rings (SSSR count). The number of nitro groups is 1. The van der Waals surface area contributed by atoms with Crippen molar-refractivity contribution in [1.29, 1.82) is 0 Å². The van der Waals surface area contributed by atoms with Gasteiger partial charge in [0.2, 0.25) is 0 Å². The van der Waals surface area contributed by atoms with E-state index in [0.717, 1.165) is 11.3 Å². The zero-order valence-corrected chi connectivity index (χ0v) is 11.8. The average Bonchev–Trinajstić information content (AvgIpc) is 2.78. The van der Waals surface area contributed by atoms with Crippen molar-refractivity contribution in [2.75, 3.05) is 7.11 Å². The van der Waals surface area contributed by atoms with Crippen molar-refractivity contribution in [3.8, 4) is 16.7 Å². The van der Waals surface area contributed by atoms with Crippen LogP contribution in [0.1, 0.15) is 4.88 Å². The number of methoxy groups -OCH3 is 1. The van der Waals surface area contributed by atoms with Crippen molar-refractivity contribution in [1.82, 2.24) is 4.98 Å². The topological polar surface area (TPSA) is 94.7 Å². The van der Waals surface area contributed by atoms with E-state index in [1.807, 2.05) is 0 Å². The lowest BCUT2D eigenvalue weighted by molar-refractivity contribution is -0.385. The van der Waals surface area contributed by atoms with E-state index in [9.17, 15) is 10.1 Å². The minimum absolute atomic E-state index is 0.135. The molecule has 0 aliphatic carbocycles. The Balaban J connectivity index is 2.29. The number of benzene rings is 1. The van der Waals surface area contributed by atoms with Crippen molar-refractivity contribution in [3.63, 3.8) is 0 Å². The lowest BCUT2D eigenvalue weighted by atomic mass is 10.3. The molecule has 0 atom stereocenters. The number of aromatic nitrogens is 1. The van der Waals surface area contributed by atoms with Crippen molar-refractivity contribution in [2.45, 2.75) is 6.61 Å². The molecule has 0 unspecified atom stereocenters. The van der Waals surface area contributed by atoms with Gasteiger partial charge in [0, 0.05) is 0 Å². The number of hydrogen-bond donors (Lipinski definition) is 1. The third-order valence-electron chi connectivity index (χ3n) is 2.33. The first-order chi connectivity index (χ1) is 9.55. The summed E-state index contributed by atoms with van der Waals surface area (Å²) < 4.78 is 10.3. The molecule has 1 N–H and O–H groups in total. The first kappa shape index (κ1) is 14.5. The molecular weight excluding hydrogens is 308 g/mol. The Morgan fingerprint density at radius 1 is 1.55 bits per heavy atom. The van der Waals surface area contributed by atoms with Crippen LogP contribution < -0.4 is 9.47 Å². The van der Waals surface area contributed by atoms with Gasteiger partial charge in [0.1, 0.15) is 10.9 Å².